The third kappa shape index (κ3) is 2.63. The normalized spacial score (nSPS) is 20.9. The van der Waals surface area contributed by atoms with Crippen LogP contribution in [-0.2, 0) is 9.53 Å². The Bertz CT molecular complexity index is 668. The number of hydrogen-bond acceptors (Lipinski definition) is 4. The smallest absolute Gasteiger partial charge is 0.322 e. The molecule has 2 aliphatic rings. The number of phenols is 1. The number of amides is 3. The third-order valence-electron chi connectivity index (χ3n) is 4.23. The molecule has 7 heteroatoms. The summed E-state index contributed by atoms with van der Waals surface area (Å²) >= 11 is 0. The lowest BCUT2D eigenvalue weighted by Gasteiger charge is -2.31. The number of likely N-dealkylation sites (N-methyl/N-ethyl adjacent to an activating group) is 1. The first-order valence-electron chi connectivity index (χ1n) is 7.37. The van der Waals surface area contributed by atoms with E-state index < -0.39 is 6.04 Å². The minimum absolute atomic E-state index is 0.0954. The second-order valence-corrected chi connectivity index (χ2v) is 5.61. The molecule has 7 nitrogen and oxygen atoms in total. The number of nitrogens with one attached hydrogen (secondary N) is 1. The molecule has 0 saturated heterocycles. The lowest BCUT2D eigenvalue weighted by atomic mass is 9.96. The molecule has 2 aliphatic heterocycles. The molecule has 23 heavy (non-hydrogen) atoms. The van der Waals surface area contributed by atoms with Crippen molar-refractivity contribution in [2.75, 3.05) is 33.9 Å². The summed E-state index contributed by atoms with van der Waals surface area (Å²) in [6.45, 7) is 1.32. The van der Waals surface area contributed by atoms with E-state index >= 15 is 0 Å². The molecule has 0 bridgehead atoms. The Morgan fingerprint density at radius 3 is 2.65 bits per heavy atom. The van der Waals surface area contributed by atoms with Crippen molar-refractivity contribution in [3.05, 3.63) is 41.1 Å². The Kier molecular flexibility index (Phi) is 3.96. The molecular formula is C16H19N3O4. The Labute approximate surface area is 134 Å². The highest BCUT2D eigenvalue weighted by molar-refractivity contribution is 6.01. The van der Waals surface area contributed by atoms with E-state index in [0.717, 1.165) is 5.56 Å². The van der Waals surface area contributed by atoms with Gasteiger partial charge in [0.15, 0.2) is 0 Å². The number of phenolic OH excluding ortho intramolecular Hbond substituents is 1. The van der Waals surface area contributed by atoms with Crippen LogP contribution < -0.4 is 5.32 Å². The molecule has 1 aromatic rings. The predicted octanol–water partition coefficient (Wildman–Crippen LogP) is 0.831. The second kappa shape index (κ2) is 5.92. The minimum atomic E-state index is -0.505. The second-order valence-electron chi connectivity index (χ2n) is 5.61. The molecule has 2 N–H and O–H groups in total. The fourth-order valence-corrected chi connectivity index (χ4v) is 2.92. The van der Waals surface area contributed by atoms with Gasteiger partial charge in [-0.1, -0.05) is 12.1 Å². The van der Waals surface area contributed by atoms with Crippen molar-refractivity contribution in [3.8, 4) is 5.75 Å². The van der Waals surface area contributed by atoms with Crippen molar-refractivity contribution in [2.45, 2.75) is 6.04 Å². The molecule has 122 valence electrons. The van der Waals surface area contributed by atoms with E-state index in [1.54, 1.807) is 43.3 Å². The lowest BCUT2D eigenvalue weighted by Crippen LogP contribution is -2.45. The average Bonchev–Trinajstić information content (AvgIpc) is 2.87. The van der Waals surface area contributed by atoms with E-state index in [0.29, 0.717) is 31.0 Å². The van der Waals surface area contributed by atoms with Crippen molar-refractivity contribution in [2.24, 2.45) is 0 Å². The number of carbonyl (C=O) groups is 2. The van der Waals surface area contributed by atoms with E-state index in [2.05, 4.69) is 5.32 Å². The molecule has 0 aliphatic carbocycles. The van der Waals surface area contributed by atoms with E-state index in [9.17, 15) is 14.7 Å². The van der Waals surface area contributed by atoms with Gasteiger partial charge in [0.25, 0.3) is 5.91 Å². The number of hydrogen-bond donors (Lipinski definition) is 2. The van der Waals surface area contributed by atoms with Gasteiger partial charge in [-0.15, -0.1) is 0 Å². The molecular weight excluding hydrogens is 298 g/mol. The first kappa shape index (κ1) is 15.4. The molecule has 0 saturated carbocycles. The van der Waals surface area contributed by atoms with Crippen LogP contribution in [0.5, 0.6) is 5.75 Å². The number of urea groups is 1. The highest BCUT2D eigenvalue weighted by atomic mass is 16.5. The van der Waals surface area contributed by atoms with Crippen molar-refractivity contribution in [1.82, 2.24) is 15.1 Å². The number of methoxy groups -OCH3 is 1. The maximum atomic E-state index is 12.7. The summed E-state index contributed by atoms with van der Waals surface area (Å²) in [5.74, 6) is 0.0450. The van der Waals surface area contributed by atoms with Gasteiger partial charge in [-0.25, -0.2) is 4.79 Å². The molecule has 1 atom stereocenters. The van der Waals surface area contributed by atoms with Crippen molar-refractivity contribution in [1.29, 1.82) is 0 Å². The van der Waals surface area contributed by atoms with Gasteiger partial charge in [-0.3, -0.25) is 9.69 Å². The largest absolute Gasteiger partial charge is 0.508 e. The fraction of sp³-hybridized carbons (Fsp3) is 0.375. The van der Waals surface area contributed by atoms with Gasteiger partial charge in [0.2, 0.25) is 0 Å². The van der Waals surface area contributed by atoms with E-state index in [4.69, 9.17) is 4.74 Å². The van der Waals surface area contributed by atoms with E-state index in [1.165, 1.54) is 4.90 Å². The Hall–Kier alpha value is -2.54. The first-order chi connectivity index (χ1) is 11.0. The first-order valence-corrected chi connectivity index (χ1v) is 7.37. The van der Waals surface area contributed by atoms with Crippen LogP contribution in [0.25, 0.3) is 0 Å². The van der Waals surface area contributed by atoms with Crippen LogP contribution in [0, 0.1) is 0 Å². The number of carbonyl (C=O) groups excluding carboxylic acids is 2. The monoisotopic (exact) mass is 317 g/mol. The fourth-order valence-electron chi connectivity index (χ4n) is 2.92. The zero-order valence-corrected chi connectivity index (χ0v) is 13.1. The molecule has 2 heterocycles. The maximum absolute atomic E-state index is 12.7. The summed E-state index contributed by atoms with van der Waals surface area (Å²) < 4.78 is 5.04. The average molecular weight is 317 g/mol. The van der Waals surface area contributed by atoms with Crippen molar-refractivity contribution >= 4 is 11.9 Å². The third-order valence-corrected chi connectivity index (χ3v) is 4.23. The summed E-state index contributed by atoms with van der Waals surface area (Å²) in [6, 6.07) is 5.75. The van der Waals surface area contributed by atoms with Gasteiger partial charge < -0.3 is 20.1 Å². The van der Waals surface area contributed by atoms with Crippen molar-refractivity contribution in [3.63, 3.8) is 0 Å². The molecule has 3 rings (SSSR count). The van der Waals surface area contributed by atoms with Gasteiger partial charge in [0.05, 0.1) is 30.5 Å². The maximum Gasteiger partial charge on any atom is 0.322 e. The van der Waals surface area contributed by atoms with Crippen LogP contribution in [0.1, 0.15) is 11.6 Å². The Balaban J connectivity index is 1.96. The van der Waals surface area contributed by atoms with Crippen LogP contribution in [0.3, 0.4) is 0 Å². The summed E-state index contributed by atoms with van der Waals surface area (Å²) in [7, 11) is 3.25. The number of nitrogens with zero attached hydrogens (tertiary/aromatic N) is 2. The number of rotatable bonds is 4. The Morgan fingerprint density at radius 1 is 1.30 bits per heavy atom. The summed E-state index contributed by atoms with van der Waals surface area (Å²) in [6.07, 6.45) is 0. The van der Waals surface area contributed by atoms with Gasteiger partial charge in [-0.05, 0) is 17.7 Å². The van der Waals surface area contributed by atoms with Crippen LogP contribution in [0.2, 0.25) is 0 Å². The highest BCUT2D eigenvalue weighted by Gasteiger charge is 2.42. The molecule has 0 fully saturated rings. The molecule has 0 spiro atoms. The van der Waals surface area contributed by atoms with Crippen LogP contribution >= 0.6 is 0 Å². The highest BCUT2D eigenvalue weighted by Crippen LogP contribution is 2.35. The molecule has 3 amide bonds. The number of benzene rings is 1. The SMILES string of the molecule is COCCN1CC2=C(C1=O)[C@@H](c1ccc(O)cc1)NC(=O)N2C. The molecule has 0 unspecified atom stereocenters. The van der Waals surface area contributed by atoms with Crippen molar-refractivity contribution < 1.29 is 19.4 Å². The van der Waals surface area contributed by atoms with Crippen LogP contribution in [0.4, 0.5) is 4.79 Å². The van der Waals surface area contributed by atoms with Gasteiger partial charge in [0.1, 0.15) is 5.75 Å². The van der Waals surface area contributed by atoms with Crippen LogP contribution in [-0.4, -0.2) is 60.7 Å². The summed E-state index contributed by atoms with van der Waals surface area (Å²) in [5.41, 5.74) is 2.06. The molecule has 0 radical (unpaired) electrons. The zero-order chi connectivity index (χ0) is 16.6. The van der Waals surface area contributed by atoms with Gasteiger partial charge in [-0.2, -0.15) is 0 Å². The van der Waals surface area contributed by atoms with Gasteiger partial charge in [0, 0.05) is 20.7 Å². The van der Waals surface area contributed by atoms with E-state index in [-0.39, 0.29) is 17.7 Å². The number of ether oxygens (including phenoxy) is 1. The predicted molar refractivity (Wildman–Crippen MR) is 82.6 cm³/mol. The zero-order valence-electron chi connectivity index (χ0n) is 13.1. The molecule has 0 aromatic heterocycles. The van der Waals surface area contributed by atoms with Crippen LogP contribution in [0.15, 0.2) is 35.5 Å². The Morgan fingerprint density at radius 2 is 2.00 bits per heavy atom. The van der Waals surface area contributed by atoms with Gasteiger partial charge >= 0.3 is 6.03 Å². The molecule has 1 aromatic carbocycles. The standard InChI is InChI=1S/C16H19N3O4/c1-18-12-9-19(7-8-23-2)15(21)13(12)14(17-16(18)22)10-3-5-11(20)6-4-10/h3-6,14,20H,7-9H2,1-2H3,(H,17,22)/t14-/m1/s1. The number of aromatic hydroxyl groups is 1. The summed E-state index contributed by atoms with van der Waals surface area (Å²) in [4.78, 5) is 28.1. The minimum Gasteiger partial charge on any atom is -0.508 e. The lowest BCUT2D eigenvalue weighted by molar-refractivity contribution is -0.126. The quantitative estimate of drug-likeness (QED) is 0.862. The summed E-state index contributed by atoms with van der Waals surface area (Å²) in [5, 5.41) is 12.3. The van der Waals surface area contributed by atoms with E-state index in [1.807, 2.05) is 0 Å². The topological polar surface area (TPSA) is 82.1 Å².